The molecule has 0 radical (unpaired) electrons. The maximum absolute atomic E-state index is 13.3. The lowest BCUT2D eigenvalue weighted by molar-refractivity contribution is 0.0696. The standard InChI is InChI=1S/C18H16N2O4S/c1-12-6-8-13(9-7-12)25(23,24)17(16-10-19-11-20-16)14-4-2-3-5-15(14)18(21)22/h2-11,17H,1H3,(H,19,20)(H,21,22). The van der Waals surface area contributed by atoms with Crippen molar-refractivity contribution in [1.82, 2.24) is 9.97 Å². The van der Waals surface area contributed by atoms with Gasteiger partial charge in [0, 0.05) is 6.20 Å². The van der Waals surface area contributed by atoms with Crippen LogP contribution in [0.15, 0.2) is 66.0 Å². The molecule has 3 aromatic rings. The summed E-state index contributed by atoms with van der Waals surface area (Å²) in [5.41, 5.74) is 1.38. The molecule has 3 rings (SSSR count). The summed E-state index contributed by atoms with van der Waals surface area (Å²) in [6, 6.07) is 12.6. The normalized spacial score (nSPS) is 12.7. The Balaban J connectivity index is 2.24. The number of aromatic carboxylic acids is 1. The van der Waals surface area contributed by atoms with E-state index in [2.05, 4.69) is 9.97 Å². The molecule has 0 saturated carbocycles. The van der Waals surface area contributed by atoms with Crippen molar-refractivity contribution in [3.63, 3.8) is 0 Å². The van der Waals surface area contributed by atoms with Crippen LogP contribution >= 0.6 is 0 Å². The van der Waals surface area contributed by atoms with Crippen LogP contribution < -0.4 is 0 Å². The van der Waals surface area contributed by atoms with Crippen molar-refractivity contribution in [2.24, 2.45) is 0 Å². The molecule has 128 valence electrons. The fraction of sp³-hybridized carbons (Fsp3) is 0.111. The predicted octanol–water partition coefficient (Wildman–Crippen LogP) is 2.98. The molecule has 0 bridgehead atoms. The fourth-order valence-electron chi connectivity index (χ4n) is 2.70. The molecule has 0 aliphatic rings. The molecule has 0 aliphatic heterocycles. The molecule has 2 aromatic carbocycles. The number of aromatic amines is 1. The van der Waals surface area contributed by atoms with Crippen molar-refractivity contribution in [2.45, 2.75) is 17.1 Å². The number of H-pyrrole nitrogens is 1. The Labute approximate surface area is 145 Å². The molecule has 1 heterocycles. The number of hydrogen-bond donors (Lipinski definition) is 2. The summed E-state index contributed by atoms with van der Waals surface area (Å²) in [5.74, 6) is -1.18. The van der Waals surface area contributed by atoms with Crippen molar-refractivity contribution < 1.29 is 18.3 Å². The summed E-state index contributed by atoms with van der Waals surface area (Å²) in [7, 11) is -3.88. The zero-order chi connectivity index (χ0) is 18.0. The molecule has 1 atom stereocenters. The minimum Gasteiger partial charge on any atom is -0.478 e. The molecular weight excluding hydrogens is 340 g/mol. The third-order valence-corrected chi connectivity index (χ3v) is 5.99. The molecule has 2 N–H and O–H groups in total. The van der Waals surface area contributed by atoms with E-state index in [1.165, 1.54) is 36.8 Å². The van der Waals surface area contributed by atoms with Gasteiger partial charge in [0.1, 0.15) is 5.25 Å². The molecule has 1 unspecified atom stereocenters. The zero-order valence-electron chi connectivity index (χ0n) is 13.4. The van der Waals surface area contributed by atoms with Crippen LogP contribution in [0.1, 0.15) is 32.4 Å². The Morgan fingerprint density at radius 1 is 1.12 bits per heavy atom. The molecule has 7 heteroatoms. The van der Waals surface area contributed by atoms with Crippen LogP contribution in [0.4, 0.5) is 0 Å². The number of nitrogens with zero attached hydrogens (tertiary/aromatic N) is 1. The van der Waals surface area contributed by atoms with Crippen LogP contribution in [0.3, 0.4) is 0 Å². The summed E-state index contributed by atoms with van der Waals surface area (Å²) in [4.78, 5) is 18.4. The van der Waals surface area contributed by atoms with E-state index in [9.17, 15) is 18.3 Å². The highest BCUT2D eigenvalue weighted by Crippen LogP contribution is 2.35. The van der Waals surface area contributed by atoms with Crippen molar-refractivity contribution in [1.29, 1.82) is 0 Å². The Morgan fingerprint density at radius 3 is 2.40 bits per heavy atom. The van der Waals surface area contributed by atoms with Crippen LogP contribution in [0, 0.1) is 6.92 Å². The lowest BCUT2D eigenvalue weighted by Crippen LogP contribution is -2.18. The number of carboxylic acids is 1. The van der Waals surface area contributed by atoms with E-state index < -0.39 is 21.1 Å². The SMILES string of the molecule is Cc1ccc(S(=O)(=O)C(c2cnc[nH]2)c2ccccc2C(=O)O)cc1. The second-order valence-corrected chi connectivity index (χ2v) is 7.67. The van der Waals surface area contributed by atoms with Crippen LogP contribution in [0.2, 0.25) is 0 Å². The summed E-state index contributed by atoms with van der Waals surface area (Å²) >= 11 is 0. The van der Waals surface area contributed by atoms with Gasteiger partial charge < -0.3 is 10.1 Å². The maximum Gasteiger partial charge on any atom is 0.336 e. The van der Waals surface area contributed by atoms with Gasteiger partial charge >= 0.3 is 5.97 Å². The summed E-state index contributed by atoms with van der Waals surface area (Å²) in [5, 5.41) is 8.27. The lowest BCUT2D eigenvalue weighted by Gasteiger charge is -2.19. The van der Waals surface area contributed by atoms with Crippen LogP contribution in [0.25, 0.3) is 0 Å². The Bertz CT molecular complexity index is 994. The zero-order valence-corrected chi connectivity index (χ0v) is 14.2. The Morgan fingerprint density at radius 2 is 1.80 bits per heavy atom. The first-order valence-electron chi connectivity index (χ1n) is 7.52. The van der Waals surface area contributed by atoms with Gasteiger partial charge in [-0.25, -0.2) is 18.2 Å². The highest BCUT2D eigenvalue weighted by molar-refractivity contribution is 7.91. The number of nitrogens with one attached hydrogen (secondary N) is 1. The van der Waals surface area contributed by atoms with E-state index >= 15 is 0 Å². The fourth-order valence-corrected chi connectivity index (χ4v) is 4.49. The lowest BCUT2D eigenvalue weighted by atomic mass is 10.0. The molecular formula is C18H16N2O4S. The number of benzene rings is 2. The van der Waals surface area contributed by atoms with Crippen molar-refractivity contribution >= 4 is 15.8 Å². The van der Waals surface area contributed by atoms with E-state index in [1.54, 1.807) is 24.3 Å². The first-order valence-corrected chi connectivity index (χ1v) is 9.07. The minimum atomic E-state index is -3.88. The maximum atomic E-state index is 13.3. The van der Waals surface area contributed by atoms with Crippen molar-refractivity contribution in [3.05, 3.63) is 83.4 Å². The molecule has 0 aliphatic carbocycles. The number of aryl methyl sites for hydroxylation is 1. The van der Waals surface area contributed by atoms with E-state index in [1.807, 2.05) is 6.92 Å². The van der Waals surface area contributed by atoms with Gasteiger partial charge in [-0.3, -0.25) is 0 Å². The number of carbonyl (C=O) groups is 1. The summed E-state index contributed by atoms with van der Waals surface area (Å²) in [6.45, 7) is 1.86. The third-order valence-electron chi connectivity index (χ3n) is 3.94. The Hall–Kier alpha value is -2.93. The summed E-state index contributed by atoms with van der Waals surface area (Å²) in [6.07, 6.45) is 2.77. The minimum absolute atomic E-state index is 0.0576. The monoisotopic (exact) mass is 356 g/mol. The van der Waals surface area contributed by atoms with Crippen LogP contribution in [0.5, 0.6) is 0 Å². The van der Waals surface area contributed by atoms with Gasteiger partial charge in [0.15, 0.2) is 9.84 Å². The highest BCUT2D eigenvalue weighted by atomic mass is 32.2. The number of sulfone groups is 1. The first kappa shape index (κ1) is 16.9. The smallest absolute Gasteiger partial charge is 0.336 e. The van der Waals surface area contributed by atoms with E-state index in [0.717, 1.165) is 5.56 Å². The van der Waals surface area contributed by atoms with Crippen molar-refractivity contribution in [3.8, 4) is 0 Å². The second kappa shape index (κ2) is 6.52. The average molecular weight is 356 g/mol. The molecule has 6 nitrogen and oxygen atoms in total. The van der Waals surface area contributed by atoms with Crippen molar-refractivity contribution in [2.75, 3.05) is 0 Å². The third kappa shape index (κ3) is 3.18. The van der Waals surface area contributed by atoms with Gasteiger partial charge in [0.2, 0.25) is 0 Å². The van der Waals surface area contributed by atoms with Gasteiger partial charge in [-0.15, -0.1) is 0 Å². The van der Waals surface area contributed by atoms with E-state index in [4.69, 9.17) is 0 Å². The number of hydrogen-bond acceptors (Lipinski definition) is 4. The topological polar surface area (TPSA) is 100 Å². The number of imidazole rings is 1. The van der Waals surface area contributed by atoms with E-state index in [-0.39, 0.29) is 16.0 Å². The van der Waals surface area contributed by atoms with E-state index in [0.29, 0.717) is 5.69 Å². The van der Waals surface area contributed by atoms with Crippen LogP contribution in [-0.4, -0.2) is 29.5 Å². The molecule has 0 spiro atoms. The Kier molecular flexibility index (Phi) is 4.41. The highest BCUT2D eigenvalue weighted by Gasteiger charge is 2.34. The molecule has 1 aromatic heterocycles. The van der Waals surface area contributed by atoms with Gasteiger partial charge in [-0.05, 0) is 30.7 Å². The van der Waals surface area contributed by atoms with Gasteiger partial charge in [-0.1, -0.05) is 35.9 Å². The van der Waals surface area contributed by atoms with Crippen LogP contribution in [-0.2, 0) is 9.84 Å². The average Bonchev–Trinajstić information content (AvgIpc) is 3.09. The number of carboxylic acid groups (broad SMARTS) is 1. The molecule has 0 saturated heterocycles. The summed E-state index contributed by atoms with van der Waals surface area (Å²) < 4.78 is 26.6. The molecule has 0 fully saturated rings. The molecule has 25 heavy (non-hydrogen) atoms. The number of aromatic nitrogens is 2. The second-order valence-electron chi connectivity index (χ2n) is 5.64. The first-order chi connectivity index (χ1) is 11.9. The van der Waals surface area contributed by atoms with Gasteiger partial charge in [-0.2, -0.15) is 0 Å². The van der Waals surface area contributed by atoms with Gasteiger partial charge in [0.25, 0.3) is 0 Å². The quantitative estimate of drug-likeness (QED) is 0.732. The largest absolute Gasteiger partial charge is 0.478 e. The predicted molar refractivity (Wildman–Crippen MR) is 92.2 cm³/mol. The van der Waals surface area contributed by atoms with Gasteiger partial charge in [0.05, 0.1) is 22.5 Å². The number of rotatable bonds is 5. The molecule has 0 amide bonds.